The molecule has 0 saturated carbocycles. The van der Waals surface area contributed by atoms with Crippen LogP contribution in [0.5, 0.6) is 11.5 Å². The number of benzene rings is 3. The smallest absolute Gasteiger partial charge is 0.417 e. The van der Waals surface area contributed by atoms with Gasteiger partial charge in [0.15, 0.2) is 0 Å². The molecule has 0 spiro atoms. The molecule has 0 heterocycles. The summed E-state index contributed by atoms with van der Waals surface area (Å²) in [5, 5.41) is 9.51. The molecule has 0 bridgehead atoms. The number of fused-ring (bicyclic) bond motifs is 2. The third kappa shape index (κ3) is 3.42. The average molecular weight is 386 g/mol. The van der Waals surface area contributed by atoms with E-state index in [4.69, 9.17) is 9.84 Å². The van der Waals surface area contributed by atoms with Crippen molar-refractivity contribution < 1.29 is 27.8 Å². The van der Waals surface area contributed by atoms with E-state index >= 15 is 0 Å². The predicted molar refractivity (Wildman–Crippen MR) is 98.8 cm³/mol. The summed E-state index contributed by atoms with van der Waals surface area (Å²) in [4.78, 5) is 11.0. The van der Waals surface area contributed by atoms with E-state index < -0.39 is 17.7 Å². The molecule has 6 heteroatoms. The maximum atomic E-state index is 13.3. The zero-order valence-corrected chi connectivity index (χ0v) is 14.8. The monoisotopic (exact) mass is 386 g/mol. The quantitative estimate of drug-likeness (QED) is 0.584. The summed E-state index contributed by atoms with van der Waals surface area (Å²) in [6.07, 6.45) is -2.81. The van der Waals surface area contributed by atoms with Gasteiger partial charge in [0.05, 0.1) is 12.0 Å². The van der Waals surface area contributed by atoms with Crippen LogP contribution in [0.25, 0.3) is 10.8 Å². The Morgan fingerprint density at radius 1 is 1.07 bits per heavy atom. The zero-order chi connectivity index (χ0) is 19.9. The molecular formula is C22H17F3O3. The lowest BCUT2D eigenvalue weighted by Crippen LogP contribution is -2.06. The first kappa shape index (κ1) is 18.3. The number of rotatable bonds is 4. The Bertz CT molecular complexity index is 1060. The lowest BCUT2D eigenvalue weighted by atomic mass is 9.98. The number of hydrogen-bond donors (Lipinski definition) is 1. The van der Waals surface area contributed by atoms with Crippen molar-refractivity contribution in [3.8, 4) is 11.5 Å². The summed E-state index contributed by atoms with van der Waals surface area (Å²) < 4.78 is 45.7. The number of aliphatic carboxylic acids is 1. The van der Waals surface area contributed by atoms with Gasteiger partial charge in [-0.1, -0.05) is 30.3 Å². The lowest BCUT2D eigenvalue weighted by Gasteiger charge is -2.15. The number of carbonyl (C=O) groups is 1. The van der Waals surface area contributed by atoms with Crippen LogP contribution in [-0.2, 0) is 17.4 Å². The van der Waals surface area contributed by atoms with Gasteiger partial charge in [-0.3, -0.25) is 4.79 Å². The highest BCUT2D eigenvalue weighted by atomic mass is 19.4. The van der Waals surface area contributed by atoms with Crippen molar-refractivity contribution >= 4 is 16.7 Å². The molecule has 0 aromatic heterocycles. The molecule has 1 aliphatic carbocycles. The van der Waals surface area contributed by atoms with Gasteiger partial charge in [0.25, 0.3) is 0 Å². The molecule has 0 aliphatic heterocycles. The second-order valence-electron chi connectivity index (χ2n) is 6.95. The molecular weight excluding hydrogens is 369 g/mol. The summed E-state index contributed by atoms with van der Waals surface area (Å²) in [6.45, 7) is 0. The Hall–Kier alpha value is -3.02. The normalized spacial score (nSPS) is 16.2. The second-order valence-corrected chi connectivity index (χ2v) is 6.95. The van der Waals surface area contributed by atoms with Crippen LogP contribution in [0.1, 0.15) is 35.4 Å². The minimum atomic E-state index is -4.44. The van der Waals surface area contributed by atoms with Crippen molar-refractivity contribution in [2.24, 2.45) is 0 Å². The topological polar surface area (TPSA) is 46.5 Å². The minimum absolute atomic E-state index is 0.00607. The van der Waals surface area contributed by atoms with E-state index in [-0.39, 0.29) is 17.7 Å². The highest BCUT2D eigenvalue weighted by molar-refractivity contribution is 5.91. The molecule has 3 aromatic carbocycles. The van der Waals surface area contributed by atoms with Crippen LogP contribution in [0.2, 0.25) is 0 Å². The molecule has 1 aliphatic rings. The van der Waals surface area contributed by atoms with Crippen molar-refractivity contribution in [3.05, 3.63) is 71.3 Å². The maximum absolute atomic E-state index is 13.3. The minimum Gasteiger partial charge on any atom is -0.481 e. The zero-order valence-electron chi connectivity index (χ0n) is 14.8. The first-order valence-corrected chi connectivity index (χ1v) is 8.94. The fraction of sp³-hybridized carbons (Fsp3) is 0.227. The molecule has 28 heavy (non-hydrogen) atoms. The molecule has 0 amide bonds. The Labute approximate surface area is 159 Å². The number of carboxylic acids is 1. The predicted octanol–water partition coefficient (Wildman–Crippen LogP) is 6.16. The molecule has 144 valence electrons. The van der Waals surface area contributed by atoms with Gasteiger partial charge in [0.1, 0.15) is 11.5 Å². The summed E-state index contributed by atoms with van der Waals surface area (Å²) in [6, 6.07) is 14.1. The van der Waals surface area contributed by atoms with Gasteiger partial charge in [-0.2, -0.15) is 13.2 Å². The highest BCUT2D eigenvalue weighted by Crippen LogP contribution is 2.41. The van der Waals surface area contributed by atoms with Gasteiger partial charge >= 0.3 is 12.1 Å². The van der Waals surface area contributed by atoms with Crippen molar-refractivity contribution in [3.63, 3.8) is 0 Å². The third-order valence-corrected chi connectivity index (χ3v) is 5.15. The number of hydrogen-bond acceptors (Lipinski definition) is 2. The Balaban J connectivity index is 1.68. The second kappa shape index (κ2) is 6.86. The molecule has 0 saturated heterocycles. The Kier molecular flexibility index (Phi) is 4.49. The summed E-state index contributed by atoms with van der Waals surface area (Å²) >= 11 is 0. The van der Waals surface area contributed by atoms with Gasteiger partial charge in [-0.05, 0) is 59.5 Å². The van der Waals surface area contributed by atoms with Crippen LogP contribution in [0.15, 0.2) is 54.6 Å². The Morgan fingerprint density at radius 2 is 1.82 bits per heavy atom. The van der Waals surface area contributed by atoms with Crippen LogP contribution in [0.3, 0.4) is 0 Å². The van der Waals surface area contributed by atoms with Crippen molar-refractivity contribution in [1.29, 1.82) is 0 Å². The number of halogens is 3. The van der Waals surface area contributed by atoms with Gasteiger partial charge in [-0.15, -0.1) is 0 Å². The van der Waals surface area contributed by atoms with Gasteiger partial charge in [0, 0.05) is 5.39 Å². The lowest BCUT2D eigenvalue weighted by molar-refractivity contribution is -0.138. The van der Waals surface area contributed by atoms with Gasteiger partial charge < -0.3 is 9.84 Å². The van der Waals surface area contributed by atoms with Crippen LogP contribution >= 0.6 is 0 Å². The molecule has 3 aromatic rings. The fourth-order valence-corrected chi connectivity index (χ4v) is 3.90. The molecule has 0 fully saturated rings. The van der Waals surface area contributed by atoms with E-state index in [1.54, 1.807) is 24.3 Å². The van der Waals surface area contributed by atoms with Gasteiger partial charge in [-0.25, -0.2) is 0 Å². The van der Waals surface area contributed by atoms with E-state index in [0.29, 0.717) is 16.9 Å². The molecule has 1 atom stereocenters. The number of alkyl halides is 3. The molecule has 1 N–H and O–H groups in total. The molecule has 0 radical (unpaired) electrons. The van der Waals surface area contributed by atoms with E-state index in [0.717, 1.165) is 30.0 Å². The van der Waals surface area contributed by atoms with E-state index in [2.05, 4.69) is 0 Å². The summed E-state index contributed by atoms with van der Waals surface area (Å²) in [5.41, 5.74) is 1.34. The number of aryl methyl sites for hydroxylation is 1. The number of ether oxygens (including phenoxy) is 1. The molecule has 3 nitrogen and oxygen atoms in total. The van der Waals surface area contributed by atoms with Crippen molar-refractivity contribution in [1.82, 2.24) is 0 Å². The number of carboxylic acid groups (broad SMARTS) is 1. The standard InChI is InChI=1S/C22H17F3O3/c23-22(24,25)19-9-10-20(18-4-2-1-3-17(18)19)28-15-7-8-16-13(11-15)5-6-14(16)12-21(26)27/h1-4,7-11,14H,5-6,12H2,(H,26,27)/t14-/m0/s1. The van der Waals surface area contributed by atoms with E-state index in [1.165, 1.54) is 12.1 Å². The largest absolute Gasteiger partial charge is 0.481 e. The Morgan fingerprint density at radius 3 is 2.54 bits per heavy atom. The molecule has 0 unspecified atom stereocenters. The van der Waals surface area contributed by atoms with Crippen molar-refractivity contribution in [2.75, 3.05) is 0 Å². The first-order valence-electron chi connectivity index (χ1n) is 8.94. The maximum Gasteiger partial charge on any atom is 0.417 e. The van der Waals surface area contributed by atoms with Crippen LogP contribution in [-0.4, -0.2) is 11.1 Å². The van der Waals surface area contributed by atoms with E-state index in [9.17, 15) is 18.0 Å². The van der Waals surface area contributed by atoms with Crippen LogP contribution in [0, 0.1) is 0 Å². The average Bonchev–Trinajstić information content (AvgIpc) is 3.02. The van der Waals surface area contributed by atoms with Crippen molar-refractivity contribution in [2.45, 2.75) is 31.4 Å². The highest BCUT2D eigenvalue weighted by Gasteiger charge is 2.33. The first-order chi connectivity index (χ1) is 13.3. The van der Waals surface area contributed by atoms with Gasteiger partial charge in [0.2, 0.25) is 0 Å². The third-order valence-electron chi connectivity index (χ3n) is 5.15. The van der Waals surface area contributed by atoms with E-state index in [1.807, 2.05) is 12.1 Å². The fourth-order valence-electron chi connectivity index (χ4n) is 3.90. The summed E-state index contributed by atoms with van der Waals surface area (Å²) in [5.74, 6) is 0.0473. The van der Waals surface area contributed by atoms with Crippen LogP contribution < -0.4 is 4.74 Å². The SMILES string of the molecule is O=C(O)C[C@@H]1CCc2cc(Oc3ccc(C(F)(F)F)c4ccccc34)ccc21. The molecule has 4 rings (SSSR count). The summed E-state index contributed by atoms with van der Waals surface area (Å²) in [7, 11) is 0. The van der Waals surface area contributed by atoms with Crippen LogP contribution in [0.4, 0.5) is 13.2 Å².